The van der Waals surface area contributed by atoms with Gasteiger partial charge in [0.25, 0.3) is 0 Å². The lowest BCUT2D eigenvalue weighted by Gasteiger charge is -2.23. The predicted octanol–water partition coefficient (Wildman–Crippen LogP) is 8.64. The monoisotopic (exact) mass is 535 g/mol. The van der Waals surface area contributed by atoms with E-state index in [0.717, 1.165) is 36.6 Å². The van der Waals surface area contributed by atoms with Crippen molar-refractivity contribution in [2.24, 2.45) is 0 Å². The number of hydrogen-bond acceptors (Lipinski definition) is 3. The SMILES string of the molecule is CCCCCCCCCCCCOc1cccc(CN(C(=O)CC)c2ccc(C[n+]3csc(C)c3)cc2)c1. The van der Waals surface area contributed by atoms with E-state index in [0.29, 0.717) is 13.0 Å². The van der Waals surface area contributed by atoms with Gasteiger partial charge in [0, 0.05) is 17.7 Å². The molecule has 0 saturated carbocycles. The lowest BCUT2D eigenvalue weighted by Crippen LogP contribution is -2.31. The quantitative estimate of drug-likeness (QED) is 0.121. The molecule has 0 saturated heterocycles. The van der Waals surface area contributed by atoms with Crippen LogP contribution in [0.4, 0.5) is 5.69 Å². The van der Waals surface area contributed by atoms with Crippen LogP contribution in [0.2, 0.25) is 0 Å². The average Bonchev–Trinajstić information content (AvgIpc) is 3.35. The minimum Gasteiger partial charge on any atom is -0.494 e. The van der Waals surface area contributed by atoms with Gasteiger partial charge in [-0.25, -0.2) is 0 Å². The van der Waals surface area contributed by atoms with E-state index in [1.54, 1.807) is 11.3 Å². The standard InChI is InChI=1S/C33H47N2O2S/c1-4-6-7-8-9-10-11-12-13-14-22-37-32-17-15-16-30(23-32)26-35(33(36)5-2)31-20-18-29(19-21-31)25-34-24-28(3)38-27-34/h15-21,23-24,27H,4-14,22,25-26H2,1-3H3/q+1. The number of benzene rings is 2. The normalized spacial score (nSPS) is 11.0. The van der Waals surface area contributed by atoms with Crippen LogP contribution in [0.3, 0.4) is 0 Å². The van der Waals surface area contributed by atoms with Crippen LogP contribution in [0, 0.1) is 6.92 Å². The van der Waals surface area contributed by atoms with Crippen molar-refractivity contribution in [1.29, 1.82) is 0 Å². The third-order valence-corrected chi connectivity index (χ3v) is 7.80. The predicted molar refractivity (Wildman–Crippen MR) is 160 cm³/mol. The Labute approximate surface area is 234 Å². The summed E-state index contributed by atoms with van der Waals surface area (Å²) in [5.74, 6) is 1.01. The van der Waals surface area contributed by atoms with E-state index in [9.17, 15) is 4.79 Å². The number of hydrogen-bond donors (Lipinski definition) is 0. The highest BCUT2D eigenvalue weighted by atomic mass is 32.1. The van der Waals surface area contributed by atoms with E-state index in [2.05, 4.69) is 66.5 Å². The highest BCUT2D eigenvalue weighted by molar-refractivity contribution is 7.09. The van der Waals surface area contributed by atoms with Gasteiger partial charge in [-0.2, -0.15) is 4.57 Å². The number of aryl methyl sites for hydroxylation is 1. The second kappa shape index (κ2) is 17.0. The van der Waals surface area contributed by atoms with E-state index < -0.39 is 0 Å². The van der Waals surface area contributed by atoms with Gasteiger partial charge >= 0.3 is 0 Å². The fourth-order valence-corrected chi connectivity index (χ4v) is 5.36. The fraction of sp³-hybridized carbons (Fsp3) is 0.515. The molecule has 1 amide bonds. The third-order valence-electron chi connectivity index (χ3n) is 6.94. The molecule has 0 bridgehead atoms. The molecule has 1 aromatic heterocycles. The average molecular weight is 536 g/mol. The lowest BCUT2D eigenvalue weighted by atomic mass is 10.1. The molecular weight excluding hydrogens is 488 g/mol. The second-order valence-corrected chi connectivity index (χ2v) is 11.4. The van der Waals surface area contributed by atoms with E-state index >= 15 is 0 Å². The number of rotatable bonds is 18. The van der Waals surface area contributed by atoms with Crippen LogP contribution in [0.1, 0.15) is 100 Å². The van der Waals surface area contributed by atoms with Gasteiger partial charge in [0.05, 0.1) is 18.0 Å². The molecule has 38 heavy (non-hydrogen) atoms. The summed E-state index contributed by atoms with van der Waals surface area (Å²) in [6.07, 6.45) is 15.9. The van der Waals surface area contributed by atoms with Gasteiger partial charge in [0.15, 0.2) is 12.7 Å². The van der Waals surface area contributed by atoms with E-state index in [4.69, 9.17) is 4.74 Å². The molecule has 4 nitrogen and oxygen atoms in total. The first kappa shape index (κ1) is 29.9. The zero-order valence-electron chi connectivity index (χ0n) is 23.8. The molecule has 1 heterocycles. The van der Waals surface area contributed by atoms with Crippen LogP contribution >= 0.6 is 11.3 Å². The molecule has 5 heteroatoms. The number of nitrogens with zero attached hydrogens (tertiary/aromatic N) is 2. The molecule has 0 aliphatic heterocycles. The van der Waals surface area contributed by atoms with E-state index in [-0.39, 0.29) is 5.91 Å². The number of anilines is 1. The van der Waals surface area contributed by atoms with Gasteiger partial charge in [-0.1, -0.05) is 107 Å². The first-order chi connectivity index (χ1) is 18.6. The number of carbonyl (C=O) groups excluding carboxylic acids is 1. The van der Waals surface area contributed by atoms with Crippen molar-refractivity contribution in [1.82, 2.24) is 0 Å². The summed E-state index contributed by atoms with van der Waals surface area (Å²) in [6.45, 7) is 8.45. The Hall–Kier alpha value is -2.66. The van der Waals surface area contributed by atoms with Crippen molar-refractivity contribution in [3.8, 4) is 5.75 Å². The number of amides is 1. The lowest BCUT2D eigenvalue weighted by molar-refractivity contribution is -0.683. The molecule has 0 aliphatic carbocycles. The summed E-state index contributed by atoms with van der Waals surface area (Å²) in [7, 11) is 0. The number of thiazole rings is 1. The van der Waals surface area contributed by atoms with Gasteiger partial charge in [-0.05, 0) is 43.2 Å². The molecular formula is C33H47N2O2S+. The van der Waals surface area contributed by atoms with E-state index in [1.807, 2.05) is 24.0 Å². The van der Waals surface area contributed by atoms with Gasteiger partial charge in [-0.15, -0.1) is 0 Å². The van der Waals surface area contributed by atoms with Gasteiger partial charge in [-0.3, -0.25) is 4.79 Å². The van der Waals surface area contributed by atoms with E-state index in [1.165, 1.54) is 68.2 Å². The molecule has 0 N–H and O–H groups in total. The first-order valence-electron chi connectivity index (χ1n) is 14.6. The summed E-state index contributed by atoms with van der Waals surface area (Å²) in [6, 6.07) is 16.6. The number of unbranched alkanes of at least 4 members (excludes halogenated alkanes) is 9. The van der Waals surface area contributed by atoms with Crippen molar-refractivity contribution >= 4 is 22.9 Å². The number of aromatic nitrogens is 1. The van der Waals surface area contributed by atoms with Crippen LogP contribution in [-0.2, 0) is 17.9 Å². The minimum atomic E-state index is 0.122. The Bertz CT molecular complexity index is 1080. The Morgan fingerprint density at radius 1 is 0.868 bits per heavy atom. The minimum absolute atomic E-state index is 0.122. The van der Waals surface area contributed by atoms with Gasteiger partial charge in [0.2, 0.25) is 11.4 Å². The van der Waals surface area contributed by atoms with Crippen molar-refractivity contribution in [3.05, 3.63) is 76.2 Å². The molecule has 0 atom stereocenters. The number of ether oxygens (including phenoxy) is 1. The molecule has 2 aromatic carbocycles. The fourth-order valence-electron chi connectivity index (χ4n) is 4.73. The van der Waals surface area contributed by atoms with Crippen LogP contribution in [-0.4, -0.2) is 12.5 Å². The molecule has 0 unspecified atom stereocenters. The highest BCUT2D eigenvalue weighted by Crippen LogP contribution is 2.22. The molecule has 0 aliphatic rings. The van der Waals surface area contributed by atoms with Crippen LogP contribution in [0.25, 0.3) is 0 Å². The third kappa shape index (κ3) is 10.6. The van der Waals surface area contributed by atoms with Crippen molar-refractivity contribution in [2.75, 3.05) is 11.5 Å². The summed E-state index contributed by atoms with van der Waals surface area (Å²) in [5, 5.41) is 0. The van der Waals surface area contributed by atoms with Crippen molar-refractivity contribution < 1.29 is 14.1 Å². The van der Waals surface area contributed by atoms with Crippen molar-refractivity contribution in [2.45, 2.75) is 104 Å². The van der Waals surface area contributed by atoms with Gasteiger partial charge < -0.3 is 9.64 Å². The van der Waals surface area contributed by atoms with Crippen LogP contribution < -0.4 is 14.2 Å². The maximum absolute atomic E-state index is 12.9. The molecule has 0 spiro atoms. The Morgan fingerprint density at radius 3 is 2.18 bits per heavy atom. The second-order valence-electron chi connectivity index (χ2n) is 10.3. The topological polar surface area (TPSA) is 33.4 Å². The van der Waals surface area contributed by atoms with Crippen LogP contribution in [0.15, 0.2) is 60.2 Å². The molecule has 0 fully saturated rings. The number of carbonyl (C=O) groups is 1. The van der Waals surface area contributed by atoms with Crippen LogP contribution in [0.5, 0.6) is 5.75 Å². The maximum atomic E-state index is 12.9. The first-order valence-corrected chi connectivity index (χ1v) is 15.5. The summed E-state index contributed by atoms with van der Waals surface area (Å²) >= 11 is 1.75. The molecule has 0 radical (unpaired) electrons. The molecule has 3 rings (SSSR count). The molecule has 206 valence electrons. The maximum Gasteiger partial charge on any atom is 0.227 e. The Kier molecular flexibility index (Phi) is 13.4. The Balaban J connectivity index is 1.46. The summed E-state index contributed by atoms with van der Waals surface area (Å²) in [4.78, 5) is 16.0. The summed E-state index contributed by atoms with van der Waals surface area (Å²) in [5.41, 5.74) is 5.38. The summed E-state index contributed by atoms with van der Waals surface area (Å²) < 4.78 is 8.26. The zero-order chi connectivity index (χ0) is 27.0. The molecule has 3 aromatic rings. The van der Waals surface area contributed by atoms with Crippen molar-refractivity contribution in [3.63, 3.8) is 0 Å². The zero-order valence-corrected chi connectivity index (χ0v) is 24.6. The largest absolute Gasteiger partial charge is 0.494 e. The smallest absolute Gasteiger partial charge is 0.227 e. The Morgan fingerprint density at radius 2 is 1.55 bits per heavy atom. The van der Waals surface area contributed by atoms with Gasteiger partial charge in [0.1, 0.15) is 5.75 Å². The highest BCUT2D eigenvalue weighted by Gasteiger charge is 2.16.